The lowest BCUT2D eigenvalue weighted by atomic mass is 9.53. The molecule has 1 saturated carbocycles. The Bertz CT molecular complexity index is 330. The standard InChI is InChI=1S/C16H28O2/c1-12(2)14(17)18-11-10-16(6)13(3)8-7-9-15(16,4)5/h13H,1,7-11H2,2-6H3. The van der Waals surface area contributed by atoms with Gasteiger partial charge in [0, 0.05) is 5.57 Å². The first-order valence-electron chi connectivity index (χ1n) is 7.03. The number of rotatable bonds is 4. The Morgan fingerprint density at radius 3 is 2.50 bits per heavy atom. The van der Waals surface area contributed by atoms with E-state index in [4.69, 9.17) is 4.74 Å². The molecule has 0 aromatic heterocycles. The summed E-state index contributed by atoms with van der Waals surface area (Å²) >= 11 is 0. The first-order valence-corrected chi connectivity index (χ1v) is 7.03. The van der Waals surface area contributed by atoms with Crippen LogP contribution in [-0.2, 0) is 9.53 Å². The minimum atomic E-state index is -0.264. The minimum absolute atomic E-state index is 0.251. The molecule has 1 rings (SSSR count). The molecule has 2 atom stereocenters. The van der Waals surface area contributed by atoms with E-state index in [1.165, 1.54) is 19.3 Å². The highest BCUT2D eigenvalue weighted by Crippen LogP contribution is 2.55. The molecule has 0 aromatic carbocycles. The molecular formula is C16H28O2. The van der Waals surface area contributed by atoms with Crippen molar-refractivity contribution in [1.82, 2.24) is 0 Å². The van der Waals surface area contributed by atoms with Gasteiger partial charge in [-0.2, -0.15) is 0 Å². The SMILES string of the molecule is C=C(C)C(=O)OCCC1(C)C(C)CCCC1(C)C. The van der Waals surface area contributed by atoms with Crippen LogP contribution in [0.25, 0.3) is 0 Å². The summed E-state index contributed by atoms with van der Waals surface area (Å²) in [6.07, 6.45) is 4.81. The molecule has 0 saturated heterocycles. The first-order chi connectivity index (χ1) is 8.21. The van der Waals surface area contributed by atoms with Crippen LogP contribution >= 0.6 is 0 Å². The average Bonchev–Trinajstić information content (AvgIpc) is 2.26. The Balaban J connectivity index is 2.62. The van der Waals surface area contributed by atoms with E-state index < -0.39 is 0 Å². The van der Waals surface area contributed by atoms with Gasteiger partial charge in [-0.3, -0.25) is 0 Å². The summed E-state index contributed by atoms with van der Waals surface area (Å²) < 4.78 is 5.27. The fraction of sp³-hybridized carbons (Fsp3) is 0.812. The molecule has 2 unspecified atom stereocenters. The van der Waals surface area contributed by atoms with Gasteiger partial charge in [-0.05, 0) is 36.5 Å². The molecule has 1 aliphatic rings. The zero-order valence-electron chi connectivity index (χ0n) is 12.6. The number of carbonyl (C=O) groups excluding carboxylic acids is 1. The molecule has 0 aromatic rings. The van der Waals surface area contributed by atoms with Crippen molar-refractivity contribution in [3.8, 4) is 0 Å². The third-order valence-corrected chi connectivity index (χ3v) is 5.28. The highest BCUT2D eigenvalue weighted by molar-refractivity contribution is 5.86. The molecule has 0 N–H and O–H groups in total. The topological polar surface area (TPSA) is 26.3 Å². The van der Waals surface area contributed by atoms with Crippen molar-refractivity contribution in [3.05, 3.63) is 12.2 Å². The Morgan fingerprint density at radius 2 is 2.00 bits per heavy atom. The molecule has 18 heavy (non-hydrogen) atoms. The molecule has 0 radical (unpaired) electrons. The summed E-state index contributed by atoms with van der Waals surface area (Å²) in [5, 5.41) is 0. The Labute approximate surface area is 112 Å². The van der Waals surface area contributed by atoms with Crippen molar-refractivity contribution in [2.75, 3.05) is 6.61 Å². The maximum absolute atomic E-state index is 11.4. The van der Waals surface area contributed by atoms with Crippen LogP contribution in [0.3, 0.4) is 0 Å². The maximum Gasteiger partial charge on any atom is 0.333 e. The van der Waals surface area contributed by atoms with Crippen LogP contribution in [-0.4, -0.2) is 12.6 Å². The largest absolute Gasteiger partial charge is 0.462 e. The van der Waals surface area contributed by atoms with Gasteiger partial charge in [0.05, 0.1) is 6.61 Å². The third-order valence-electron chi connectivity index (χ3n) is 5.28. The molecule has 0 heterocycles. The van der Waals surface area contributed by atoms with Gasteiger partial charge in [0.2, 0.25) is 0 Å². The number of carbonyl (C=O) groups is 1. The predicted molar refractivity (Wildman–Crippen MR) is 75.3 cm³/mol. The normalized spacial score (nSPS) is 30.8. The number of esters is 1. The van der Waals surface area contributed by atoms with Crippen LogP contribution in [0.4, 0.5) is 0 Å². The summed E-state index contributed by atoms with van der Waals surface area (Å²) in [7, 11) is 0. The van der Waals surface area contributed by atoms with E-state index in [-0.39, 0.29) is 11.4 Å². The lowest BCUT2D eigenvalue weighted by Gasteiger charge is -2.52. The van der Waals surface area contributed by atoms with Gasteiger partial charge in [0.15, 0.2) is 0 Å². The fourth-order valence-electron chi connectivity index (χ4n) is 3.19. The second-order valence-corrected chi connectivity index (χ2v) is 6.76. The van der Waals surface area contributed by atoms with Crippen molar-refractivity contribution < 1.29 is 9.53 Å². The van der Waals surface area contributed by atoms with Crippen LogP contribution in [0.2, 0.25) is 0 Å². The molecule has 1 fully saturated rings. The van der Waals surface area contributed by atoms with Crippen LogP contribution in [0.15, 0.2) is 12.2 Å². The van der Waals surface area contributed by atoms with E-state index in [2.05, 4.69) is 34.3 Å². The molecule has 2 heteroatoms. The molecule has 1 aliphatic carbocycles. The van der Waals surface area contributed by atoms with Crippen molar-refractivity contribution in [3.63, 3.8) is 0 Å². The van der Waals surface area contributed by atoms with E-state index in [0.717, 1.165) is 6.42 Å². The van der Waals surface area contributed by atoms with Gasteiger partial charge in [0.1, 0.15) is 0 Å². The van der Waals surface area contributed by atoms with Crippen LogP contribution in [0.5, 0.6) is 0 Å². The van der Waals surface area contributed by atoms with Crippen molar-refractivity contribution >= 4 is 5.97 Å². The summed E-state index contributed by atoms with van der Waals surface area (Å²) in [6.45, 7) is 15.2. The third kappa shape index (κ3) is 2.96. The monoisotopic (exact) mass is 252 g/mol. The quantitative estimate of drug-likeness (QED) is 0.549. The molecule has 104 valence electrons. The number of hydrogen-bond acceptors (Lipinski definition) is 2. The van der Waals surface area contributed by atoms with Crippen molar-refractivity contribution in [2.24, 2.45) is 16.7 Å². The van der Waals surface area contributed by atoms with E-state index in [9.17, 15) is 4.79 Å². The second-order valence-electron chi connectivity index (χ2n) is 6.76. The molecule has 2 nitrogen and oxygen atoms in total. The molecule has 0 spiro atoms. The number of ether oxygens (including phenoxy) is 1. The zero-order valence-corrected chi connectivity index (χ0v) is 12.6. The zero-order chi connectivity index (χ0) is 14.0. The summed E-state index contributed by atoms with van der Waals surface area (Å²) in [6, 6.07) is 0. The molecule has 0 bridgehead atoms. The van der Waals surface area contributed by atoms with Gasteiger partial charge in [-0.15, -0.1) is 0 Å². The maximum atomic E-state index is 11.4. The van der Waals surface area contributed by atoms with Gasteiger partial charge < -0.3 is 4.74 Å². The van der Waals surface area contributed by atoms with Crippen LogP contribution in [0, 0.1) is 16.7 Å². The lowest BCUT2D eigenvalue weighted by Crippen LogP contribution is -2.44. The highest BCUT2D eigenvalue weighted by Gasteiger charge is 2.46. The van der Waals surface area contributed by atoms with Gasteiger partial charge in [-0.1, -0.05) is 47.1 Å². The minimum Gasteiger partial charge on any atom is -0.462 e. The number of hydrogen-bond donors (Lipinski definition) is 0. The molecule has 0 amide bonds. The van der Waals surface area contributed by atoms with Gasteiger partial charge in [-0.25, -0.2) is 4.79 Å². The Hall–Kier alpha value is -0.790. The average molecular weight is 252 g/mol. The van der Waals surface area contributed by atoms with Crippen molar-refractivity contribution in [1.29, 1.82) is 0 Å². The lowest BCUT2D eigenvalue weighted by molar-refractivity contribution is -0.141. The van der Waals surface area contributed by atoms with Crippen LogP contribution < -0.4 is 0 Å². The first kappa shape index (κ1) is 15.3. The summed E-state index contributed by atoms with van der Waals surface area (Å²) in [4.78, 5) is 11.4. The second kappa shape index (κ2) is 5.46. The Morgan fingerprint density at radius 1 is 1.39 bits per heavy atom. The fourth-order valence-corrected chi connectivity index (χ4v) is 3.19. The van der Waals surface area contributed by atoms with E-state index in [0.29, 0.717) is 23.5 Å². The van der Waals surface area contributed by atoms with E-state index in [1.807, 2.05) is 0 Å². The Kier molecular flexibility index (Phi) is 4.63. The van der Waals surface area contributed by atoms with E-state index >= 15 is 0 Å². The predicted octanol–water partition coefficient (Wildman–Crippen LogP) is 4.35. The molecular weight excluding hydrogens is 224 g/mol. The van der Waals surface area contributed by atoms with Crippen LogP contribution in [0.1, 0.15) is 60.3 Å². The highest BCUT2D eigenvalue weighted by atomic mass is 16.5. The van der Waals surface area contributed by atoms with Gasteiger partial charge >= 0.3 is 5.97 Å². The summed E-state index contributed by atoms with van der Waals surface area (Å²) in [5.41, 5.74) is 1.05. The smallest absolute Gasteiger partial charge is 0.333 e. The van der Waals surface area contributed by atoms with Gasteiger partial charge in [0.25, 0.3) is 0 Å². The van der Waals surface area contributed by atoms with E-state index in [1.54, 1.807) is 6.92 Å². The van der Waals surface area contributed by atoms with Crippen molar-refractivity contribution in [2.45, 2.75) is 60.3 Å². The summed E-state index contributed by atoms with van der Waals surface area (Å²) in [5.74, 6) is 0.421. The molecule has 0 aliphatic heterocycles.